The normalized spacial score (nSPS) is 18.8. The Morgan fingerprint density at radius 1 is 1.00 bits per heavy atom. The molecule has 0 aromatic heterocycles. The highest BCUT2D eigenvalue weighted by atomic mass is 16.3. The molecule has 0 fully saturated rings. The lowest BCUT2D eigenvalue weighted by molar-refractivity contribution is 0.177. The Labute approximate surface area is 107 Å². The first-order valence-electron chi connectivity index (χ1n) is 6.38. The summed E-state index contributed by atoms with van der Waals surface area (Å²) in [7, 11) is 0. The van der Waals surface area contributed by atoms with Crippen molar-refractivity contribution in [3.63, 3.8) is 0 Å². The molecule has 1 aliphatic heterocycles. The van der Waals surface area contributed by atoms with Crippen molar-refractivity contribution in [1.82, 2.24) is 4.90 Å². The minimum Gasteiger partial charge on any atom is -0.395 e. The van der Waals surface area contributed by atoms with Crippen molar-refractivity contribution in [2.75, 3.05) is 13.2 Å². The fourth-order valence-electron chi connectivity index (χ4n) is 2.81. The number of fused-ring (bicyclic) bond motifs is 1. The Balaban J connectivity index is 2.03. The topological polar surface area (TPSA) is 23.5 Å². The van der Waals surface area contributed by atoms with Crippen molar-refractivity contribution < 1.29 is 5.11 Å². The molecule has 18 heavy (non-hydrogen) atoms. The van der Waals surface area contributed by atoms with Gasteiger partial charge in [-0.05, 0) is 16.7 Å². The molecule has 0 saturated carbocycles. The van der Waals surface area contributed by atoms with Gasteiger partial charge in [-0.15, -0.1) is 0 Å². The van der Waals surface area contributed by atoms with Crippen LogP contribution in [0.4, 0.5) is 0 Å². The number of hydrogen-bond acceptors (Lipinski definition) is 2. The third-order valence-corrected chi connectivity index (χ3v) is 3.59. The van der Waals surface area contributed by atoms with Crippen LogP contribution in [-0.4, -0.2) is 23.2 Å². The molecule has 0 spiro atoms. The molecule has 92 valence electrons. The second kappa shape index (κ2) is 4.92. The van der Waals surface area contributed by atoms with E-state index in [2.05, 4.69) is 53.4 Å². The summed E-state index contributed by atoms with van der Waals surface area (Å²) in [4.78, 5) is 2.33. The molecule has 2 nitrogen and oxygen atoms in total. The molecule has 3 rings (SSSR count). The highest BCUT2D eigenvalue weighted by molar-refractivity contribution is 5.41. The van der Waals surface area contributed by atoms with E-state index in [9.17, 15) is 5.11 Å². The van der Waals surface area contributed by atoms with Crippen LogP contribution >= 0.6 is 0 Å². The smallest absolute Gasteiger partial charge is 0.0608 e. The summed E-state index contributed by atoms with van der Waals surface area (Å²) in [6.07, 6.45) is 0. The maximum Gasteiger partial charge on any atom is 0.0608 e. The van der Waals surface area contributed by atoms with Gasteiger partial charge in [0.1, 0.15) is 0 Å². The number of aliphatic hydroxyl groups is 1. The first kappa shape index (κ1) is 11.5. The second-order valence-corrected chi connectivity index (χ2v) is 4.71. The van der Waals surface area contributed by atoms with Crippen LogP contribution < -0.4 is 0 Å². The van der Waals surface area contributed by atoms with E-state index in [1.165, 1.54) is 16.7 Å². The van der Waals surface area contributed by atoms with Crippen LogP contribution in [0.3, 0.4) is 0 Å². The zero-order valence-electron chi connectivity index (χ0n) is 10.3. The zero-order chi connectivity index (χ0) is 12.4. The van der Waals surface area contributed by atoms with Gasteiger partial charge in [0.15, 0.2) is 0 Å². The van der Waals surface area contributed by atoms with Gasteiger partial charge in [0, 0.05) is 13.1 Å². The van der Waals surface area contributed by atoms with Gasteiger partial charge in [-0.2, -0.15) is 0 Å². The maximum atomic E-state index is 9.23. The highest BCUT2D eigenvalue weighted by Crippen LogP contribution is 2.37. The Morgan fingerprint density at radius 2 is 1.72 bits per heavy atom. The average molecular weight is 239 g/mol. The van der Waals surface area contributed by atoms with Crippen LogP contribution in [0.5, 0.6) is 0 Å². The van der Waals surface area contributed by atoms with E-state index >= 15 is 0 Å². The first-order chi connectivity index (χ1) is 8.90. The number of benzene rings is 2. The van der Waals surface area contributed by atoms with Crippen LogP contribution in [-0.2, 0) is 6.54 Å². The number of rotatable bonds is 3. The Morgan fingerprint density at radius 3 is 2.50 bits per heavy atom. The summed E-state index contributed by atoms with van der Waals surface area (Å²) in [6, 6.07) is 19.4. The molecule has 0 saturated heterocycles. The molecule has 0 bridgehead atoms. The zero-order valence-corrected chi connectivity index (χ0v) is 10.3. The lowest BCUT2D eigenvalue weighted by atomic mass is 9.98. The number of nitrogens with zero attached hydrogens (tertiary/aromatic N) is 1. The van der Waals surface area contributed by atoms with Gasteiger partial charge in [0.25, 0.3) is 0 Å². The van der Waals surface area contributed by atoms with Crippen LogP contribution in [0.25, 0.3) is 0 Å². The molecule has 0 unspecified atom stereocenters. The standard InChI is InChI=1S/C16H17NO/c18-11-10-17-12-14-8-4-5-9-15(14)16(17)13-6-2-1-3-7-13/h1-9,16,18H,10-12H2/t16-/m0/s1. The predicted octanol–water partition coefficient (Wildman–Crippen LogP) is 2.58. The van der Waals surface area contributed by atoms with E-state index in [4.69, 9.17) is 0 Å². The van der Waals surface area contributed by atoms with Gasteiger partial charge < -0.3 is 5.11 Å². The van der Waals surface area contributed by atoms with E-state index in [1.54, 1.807) is 0 Å². The Hall–Kier alpha value is -1.64. The van der Waals surface area contributed by atoms with Crippen molar-refractivity contribution in [2.45, 2.75) is 12.6 Å². The molecule has 0 radical (unpaired) electrons. The lowest BCUT2D eigenvalue weighted by Crippen LogP contribution is -2.26. The predicted molar refractivity (Wildman–Crippen MR) is 72.2 cm³/mol. The lowest BCUT2D eigenvalue weighted by Gasteiger charge is -2.24. The van der Waals surface area contributed by atoms with Crippen LogP contribution in [0.15, 0.2) is 54.6 Å². The maximum absolute atomic E-state index is 9.23. The monoisotopic (exact) mass is 239 g/mol. The molecule has 0 aliphatic carbocycles. The molecule has 2 heteroatoms. The fourth-order valence-corrected chi connectivity index (χ4v) is 2.81. The van der Waals surface area contributed by atoms with Crippen molar-refractivity contribution in [1.29, 1.82) is 0 Å². The van der Waals surface area contributed by atoms with E-state index in [-0.39, 0.29) is 12.6 Å². The minimum absolute atomic E-state index is 0.206. The summed E-state index contributed by atoms with van der Waals surface area (Å²) in [6.45, 7) is 1.85. The largest absolute Gasteiger partial charge is 0.395 e. The number of hydrogen-bond donors (Lipinski definition) is 1. The summed E-state index contributed by atoms with van der Waals surface area (Å²) in [5.41, 5.74) is 4.05. The molecule has 1 atom stereocenters. The van der Waals surface area contributed by atoms with Crippen molar-refractivity contribution in [2.24, 2.45) is 0 Å². The minimum atomic E-state index is 0.206. The van der Waals surface area contributed by atoms with Gasteiger partial charge in [-0.1, -0.05) is 54.6 Å². The molecule has 1 aliphatic rings. The van der Waals surface area contributed by atoms with E-state index in [1.807, 2.05) is 6.07 Å². The van der Waals surface area contributed by atoms with Gasteiger partial charge >= 0.3 is 0 Å². The van der Waals surface area contributed by atoms with Crippen LogP contribution in [0.1, 0.15) is 22.7 Å². The summed E-state index contributed by atoms with van der Waals surface area (Å²) >= 11 is 0. The molecular formula is C16H17NO. The molecule has 0 amide bonds. The number of aliphatic hydroxyl groups excluding tert-OH is 1. The quantitative estimate of drug-likeness (QED) is 0.890. The van der Waals surface area contributed by atoms with Gasteiger partial charge in [0.05, 0.1) is 12.6 Å². The van der Waals surface area contributed by atoms with E-state index in [0.29, 0.717) is 6.54 Å². The van der Waals surface area contributed by atoms with Crippen molar-refractivity contribution in [3.05, 3.63) is 71.3 Å². The molecular weight excluding hydrogens is 222 g/mol. The van der Waals surface area contributed by atoms with Gasteiger partial charge in [-0.25, -0.2) is 0 Å². The molecule has 1 heterocycles. The van der Waals surface area contributed by atoms with Crippen LogP contribution in [0, 0.1) is 0 Å². The van der Waals surface area contributed by atoms with Gasteiger partial charge in [0.2, 0.25) is 0 Å². The summed E-state index contributed by atoms with van der Waals surface area (Å²) < 4.78 is 0. The van der Waals surface area contributed by atoms with E-state index < -0.39 is 0 Å². The SMILES string of the molecule is OCCN1Cc2ccccc2[C@@H]1c1ccccc1. The molecule has 2 aromatic carbocycles. The summed E-state index contributed by atoms with van der Waals surface area (Å²) in [5.74, 6) is 0. The fraction of sp³-hybridized carbons (Fsp3) is 0.250. The average Bonchev–Trinajstić information content (AvgIpc) is 2.78. The molecule has 2 aromatic rings. The van der Waals surface area contributed by atoms with Crippen molar-refractivity contribution in [3.8, 4) is 0 Å². The van der Waals surface area contributed by atoms with Gasteiger partial charge in [-0.3, -0.25) is 4.90 Å². The summed E-state index contributed by atoms with van der Waals surface area (Å²) in [5, 5.41) is 9.23. The van der Waals surface area contributed by atoms with E-state index in [0.717, 1.165) is 6.54 Å². The number of β-amino-alcohol motifs (C(OH)–C–C–N with tert-alkyl or cyclic N) is 1. The Kier molecular flexibility index (Phi) is 3.13. The third-order valence-electron chi connectivity index (χ3n) is 3.59. The third kappa shape index (κ3) is 1.94. The van der Waals surface area contributed by atoms with Crippen LogP contribution in [0.2, 0.25) is 0 Å². The first-order valence-corrected chi connectivity index (χ1v) is 6.38. The highest BCUT2D eigenvalue weighted by Gasteiger charge is 2.30. The second-order valence-electron chi connectivity index (χ2n) is 4.71. The van der Waals surface area contributed by atoms with Crippen molar-refractivity contribution >= 4 is 0 Å². The Bertz CT molecular complexity index is 524. The molecule has 1 N–H and O–H groups in total.